The maximum Gasteiger partial charge on any atom is 0.273 e. The predicted octanol–water partition coefficient (Wildman–Crippen LogP) is 3.13. The van der Waals surface area contributed by atoms with Gasteiger partial charge in [-0.25, -0.2) is 4.39 Å². The van der Waals surface area contributed by atoms with Crippen molar-refractivity contribution in [2.75, 3.05) is 7.05 Å². The molecule has 1 atom stereocenters. The third-order valence-corrected chi connectivity index (χ3v) is 3.76. The number of nitrogens with zero attached hydrogens (tertiary/aromatic N) is 1. The van der Waals surface area contributed by atoms with Gasteiger partial charge in [0.1, 0.15) is 5.82 Å². The van der Waals surface area contributed by atoms with Crippen LogP contribution in [0.5, 0.6) is 0 Å². The monoisotopic (exact) mass is 366 g/mol. The minimum atomic E-state index is -0.454. The van der Waals surface area contributed by atoms with E-state index >= 15 is 0 Å². The maximum absolute atomic E-state index is 13.5. The van der Waals surface area contributed by atoms with Gasteiger partial charge in [-0.2, -0.15) is 0 Å². The van der Waals surface area contributed by atoms with Crippen molar-refractivity contribution < 1.29 is 9.31 Å². The Morgan fingerprint density at radius 3 is 2.56 bits per heavy atom. The molecule has 1 N–H and O–H groups in total. The lowest BCUT2D eigenvalue weighted by Gasteiger charge is -2.20. The maximum atomic E-state index is 13.5. The first-order valence-electron chi connectivity index (χ1n) is 5.66. The molecule has 18 heavy (non-hydrogen) atoms. The van der Waals surface area contributed by atoms with Gasteiger partial charge in [-0.15, -0.1) is 0 Å². The van der Waals surface area contributed by atoms with Crippen molar-refractivity contribution >= 4 is 28.3 Å². The first-order chi connectivity index (χ1) is 8.36. The Labute approximate surface area is 119 Å². The van der Waals surface area contributed by atoms with Crippen LogP contribution >= 0.6 is 22.6 Å². The van der Waals surface area contributed by atoms with E-state index in [4.69, 9.17) is 0 Å². The van der Waals surface area contributed by atoms with E-state index in [0.717, 1.165) is 0 Å². The summed E-state index contributed by atoms with van der Waals surface area (Å²) in [6.07, 6.45) is 0.443. The number of rotatable bonds is 5. The summed E-state index contributed by atoms with van der Waals surface area (Å²) in [5.74, 6) is -0.0910. The van der Waals surface area contributed by atoms with Crippen LogP contribution in [0.2, 0.25) is 0 Å². The molecule has 0 bridgehead atoms. The lowest BCUT2D eigenvalue weighted by molar-refractivity contribution is -0.385. The van der Waals surface area contributed by atoms with E-state index < -0.39 is 10.7 Å². The Hall–Kier alpha value is -0.760. The zero-order valence-corrected chi connectivity index (χ0v) is 12.7. The second-order valence-corrected chi connectivity index (χ2v) is 5.66. The number of hydrogen-bond donors (Lipinski definition) is 1. The van der Waals surface area contributed by atoms with Gasteiger partial charge in [-0.05, 0) is 48.0 Å². The first-order valence-corrected chi connectivity index (χ1v) is 6.74. The Morgan fingerprint density at radius 1 is 1.50 bits per heavy atom. The summed E-state index contributed by atoms with van der Waals surface area (Å²) in [6, 6.07) is 2.65. The highest BCUT2D eigenvalue weighted by Crippen LogP contribution is 2.26. The minimum Gasteiger partial charge on any atom is -0.316 e. The Balaban J connectivity index is 3.14. The lowest BCUT2D eigenvalue weighted by atomic mass is 9.95. The minimum absolute atomic E-state index is 0.0123. The van der Waals surface area contributed by atoms with Gasteiger partial charge >= 0.3 is 0 Å². The van der Waals surface area contributed by atoms with Gasteiger partial charge in [0.2, 0.25) is 0 Å². The van der Waals surface area contributed by atoms with E-state index in [9.17, 15) is 14.5 Å². The molecule has 0 aromatic heterocycles. The molecule has 1 unspecified atom stereocenters. The summed E-state index contributed by atoms with van der Waals surface area (Å²) in [6.45, 7) is 4.05. The number of benzene rings is 1. The fourth-order valence-electron chi connectivity index (χ4n) is 1.82. The van der Waals surface area contributed by atoms with E-state index in [0.29, 0.717) is 17.9 Å². The molecule has 0 amide bonds. The molecule has 1 aromatic carbocycles. The molecule has 4 nitrogen and oxygen atoms in total. The van der Waals surface area contributed by atoms with Gasteiger partial charge in [0.25, 0.3) is 5.69 Å². The van der Waals surface area contributed by atoms with Crippen molar-refractivity contribution in [3.05, 3.63) is 37.2 Å². The molecular weight excluding hydrogens is 350 g/mol. The Morgan fingerprint density at radius 2 is 2.11 bits per heavy atom. The fraction of sp³-hybridized carbons (Fsp3) is 0.500. The van der Waals surface area contributed by atoms with Gasteiger partial charge in [0.15, 0.2) is 0 Å². The second-order valence-electron chi connectivity index (χ2n) is 4.50. The smallest absolute Gasteiger partial charge is 0.273 e. The molecule has 0 saturated carbocycles. The molecule has 0 aliphatic rings. The molecule has 1 aromatic rings. The van der Waals surface area contributed by atoms with E-state index in [1.165, 1.54) is 12.1 Å². The highest BCUT2D eigenvalue weighted by molar-refractivity contribution is 14.1. The molecule has 6 heteroatoms. The normalized spacial score (nSPS) is 12.8. The van der Waals surface area contributed by atoms with Crippen LogP contribution in [0.15, 0.2) is 12.1 Å². The SMILES string of the molecule is CNC(Cc1cc(F)c(I)cc1[N+](=O)[O-])C(C)C. The number of nitro benzene ring substituents is 1. The number of likely N-dealkylation sites (N-methyl/N-ethyl adjacent to an activating group) is 1. The molecule has 0 aliphatic heterocycles. The highest BCUT2D eigenvalue weighted by Gasteiger charge is 2.21. The average Bonchev–Trinajstić information content (AvgIpc) is 2.29. The molecular formula is C12H16FIN2O2. The van der Waals surface area contributed by atoms with Gasteiger partial charge < -0.3 is 5.32 Å². The number of halogens is 2. The van der Waals surface area contributed by atoms with Gasteiger partial charge in [0.05, 0.1) is 8.49 Å². The molecule has 0 spiro atoms. The van der Waals surface area contributed by atoms with Crippen molar-refractivity contribution in [1.29, 1.82) is 0 Å². The molecule has 0 aliphatic carbocycles. The fourth-order valence-corrected chi connectivity index (χ4v) is 2.27. The number of nitro groups is 1. The topological polar surface area (TPSA) is 55.2 Å². The number of nitrogens with one attached hydrogen (secondary N) is 1. The molecule has 0 saturated heterocycles. The Kier molecular flexibility index (Phi) is 5.46. The van der Waals surface area contributed by atoms with Crippen LogP contribution in [-0.4, -0.2) is 18.0 Å². The highest BCUT2D eigenvalue weighted by atomic mass is 127. The van der Waals surface area contributed by atoms with Gasteiger partial charge in [0, 0.05) is 17.7 Å². The molecule has 1 rings (SSSR count). The zero-order chi connectivity index (χ0) is 13.9. The third-order valence-electron chi connectivity index (χ3n) is 2.93. The van der Waals surface area contributed by atoms with Crippen LogP contribution in [0.4, 0.5) is 10.1 Å². The molecule has 0 heterocycles. The molecule has 0 radical (unpaired) electrons. The molecule has 100 valence electrons. The summed E-state index contributed by atoms with van der Waals surface area (Å²) >= 11 is 1.76. The molecule has 0 fully saturated rings. The lowest BCUT2D eigenvalue weighted by Crippen LogP contribution is -2.33. The first kappa shape index (κ1) is 15.3. The zero-order valence-electron chi connectivity index (χ0n) is 10.5. The van der Waals surface area contributed by atoms with E-state index in [1.54, 1.807) is 29.6 Å². The van der Waals surface area contributed by atoms with E-state index in [-0.39, 0.29) is 15.3 Å². The summed E-state index contributed by atoms with van der Waals surface area (Å²) in [7, 11) is 1.81. The van der Waals surface area contributed by atoms with Crippen molar-refractivity contribution in [3.8, 4) is 0 Å². The van der Waals surface area contributed by atoms with Crippen LogP contribution in [0.25, 0.3) is 0 Å². The Bertz CT molecular complexity index is 452. The van der Waals surface area contributed by atoms with Crippen LogP contribution in [0.3, 0.4) is 0 Å². The van der Waals surface area contributed by atoms with Gasteiger partial charge in [-0.3, -0.25) is 10.1 Å². The average molecular weight is 366 g/mol. The second kappa shape index (κ2) is 6.42. The van der Waals surface area contributed by atoms with Crippen LogP contribution in [0.1, 0.15) is 19.4 Å². The van der Waals surface area contributed by atoms with Crippen molar-refractivity contribution in [3.63, 3.8) is 0 Å². The largest absolute Gasteiger partial charge is 0.316 e. The third kappa shape index (κ3) is 3.61. The predicted molar refractivity (Wildman–Crippen MR) is 77.2 cm³/mol. The standard InChI is InChI=1S/C12H16FIN2O2/c1-7(2)11(15-3)5-8-4-9(13)10(14)6-12(8)16(17)18/h4,6-7,11,15H,5H2,1-3H3. The van der Waals surface area contributed by atoms with E-state index in [1.807, 2.05) is 13.8 Å². The van der Waals surface area contributed by atoms with Crippen molar-refractivity contribution in [1.82, 2.24) is 5.32 Å². The van der Waals surface area contributed by atoms with Crippen LogP contribution < -0.4 is 5.32 Å². The van der Waals surface area contributed by atoms with Crippen LogP contribution in [-0.2, 0) is 6.42 Å². The summed E-state index contributed by atoms with van der Waals surface area (Å²) in [4.78, 5) is 10.5. The number of hydrogen-bond acceptors (Lipinski definition) is 3. The summed E-state index contributed by atoms with van der Waals surface area (Å²) in [5, 5.41) is 14.1. The quantitative estimate of drug-likeness (QED) is 0.495. The summed E-state index contributed by atoms with van der Waals surface area (Å²) < 4.78 is 13.8. The van der Waals surface area contributed by atoms with Crippen molar-refractivity contribution in [2.24, 2.45) is 5.92 Å². The summed E-state index contributed by atoms with van der Waals surface area (Å²) in [5.41, 5.74) is 0.424. The van der Waals surface area contributed by atoms with Crippen LogP contribution in [0, 0.1) is 25.4 Å². The van der Waals surface area contributed by atoms with Gasteiger partial charge in [-0.1, -0.05) is 13.8 Å². The van der Waals surface area contributed by atoms with E-state index in [2.05, 4.69) is 5.32 Å². The van der Waals surface area contributed by atoms with Crippen molar-refractivity contribution in [2.45, 2.75) is 26.3 Å².